The van der Waals surface area contributed by atoms with Gasteiger partial charge in [-0.05, 0) is 63.4 Å². The van der Waals surface area contributed by atoms with Gasteiger partial charge in [-0.15, -0.1) is 0 Å². The lowest BCUT2D eigenvalue weighted by atomic mass is 10.1. The van der Waals surface area contributed by atoms with Gasteiger partial charge in [-0.2, -0.15) is 0 Å². The molecule has 27 heavy (non-hydrogen) atoms. The van der Waals surface area contributed by atoms with Crippen molar-refractivity contribution in [2.75, 3.05) is 23.3 Å². The molecule has 1 fully saturated rings. The number of nitrogens with zero attached hydrogens (tertiary/aromatic N) is 1. The highest BCUT2D eigenvalue weighted by molar-refractivity contribution is 5.90. The number of hydrogen-bond acceptors (Lipinski definition) is 3. The van der Waals surface area contributed by atoms with Gasteiger partial charge in [0, 0.05) is 30.9 Å². The third-order valence-electron chi connectivity index (χ3n) is 4.93. The van der Waals surface area contributed by atoms with E-state index < -0.39 is 0 Å². The Labute approximate surface area is 162 Å². The lowest BCUT2D eigenvalue weighted by molar-refractivity contribution is -0.116. The SMILES string of the molecule is Cc1ccc(CCCC(=O)Nc2ccc(N3CC(C)OC(C)C3)cc2)cc1. The monoisotopic (exact) mass is 366 g/mol. The molecule has 4 heteroatoms. The van der Waals surface area contributed by atoms with Crippen LogP contribution < -0.4 is 10.2 Å². The number of ether oxygens (including phenoxy) is 1. The van der Waals surface area contributed by atoms with Crippen molar-refractivity contribution in [3.8, 4) is 0 Å². The molecular weight excluding hydrogens is 336 g/mol. The highest BCUT2D eigenvalue weighted by Crippen LogP contribution is 2.22. The van der Waals surface area contributed by atoms with E-state index in [0.29, 0.717) is 6.42 Å². The van der Waals surface area contributed by atoms with Gasteiger partial charge in [0.15, 0.2) is 0 Å². The van der Waals surface area contributed by atoms with Crippen LogP contribution in [0, 0.1) is 6.92 Å². The lowest BCUT2D eigenvalue weighted by Crippen LogP contribution is -2.45. The fourth-order valence-corrected chi connectivity index (χ4v) is 3.58. The molecule has 2 atom stereocenters. The number of benzene rings is 2. The van der Waals surface area contributed by atoms with Crippen LogP contribution in [0.5, 0.6) is 0 Å². The molecule has 1 aliphatic rings. The summed E-state index contributed by atoms with van der Waals surface area (Å²) in [4.78, 5) is 14.5. The van der Waals surface area contributed by atoms with Crippen molar-refractivity contribution in [1.82, 2.24) is 0 Å². The van der Waals surface area contributed by atoms with E-state index in [0.717, 1.165) is 31.6 Å². The zero-order valence-corrected chi connectivity index (χ0v) is 16.6. The maximum Gasteiger partial charge on any atom is 0.224 e. The number of anilines is 2. The van der Waals surface area contributed by atoms with Crippen LogP contribution in [0.1, 0.15) is 37.8 Å². The first-order valence-corrected chi connectivity index (χ1v) is 9.85. The number of aryl methyl sites for hydroxylation is 2. The minimum atomic E-state index is 0.0727. The molecule has 0 radical (unpaired) electrons. The van der Waals surface area contributed by atoms with Gasteiger partial charge >= 0.3 is 0 Å². The Morgan fingerprint density at radius 3 is 2.30 bits per heavy atom. The number of carbonyl (C=O) groups excluding carboxylic acids is 1. The number of carbonyl (C=O) groups is 1. The molecule has 144 valence electrons. The van der Waals surface area contributed by atoms with Crippen molar-refractivity contribution in [3.05, 3.63) is 59.7 Å². The lowest BCUT2D eigenvalue weighted by Gasteiger charge is -2.36. The van der Waals surface area contributed by atoms with Crippen LogP contribution >= 0.6 is 0 Å². The molecule has 0 aromatic heterocycles. The molecular formula is C23H30N2O2. The molecule has 1 saturated heterocycles. The number of nitrogens with one attached hydrogen (secondary N) is 1. The topological polar surface area (TPSA) is 41.6 Å². The van der Waals surface area contributed by atoms with E-state index in [1.54, 1.807) is 0 Å². The summed E-state index contributed by atoms with van der Waals surface area (Å²) >= 11 is 0. The Kier molecular flexibility index (Phi) is 6.51. The second kappa shape index (κ2) is 9.05. The van der Waals surface area contributed by atoms with Crippen LogP contribution in [0.25, 0.3) is 0 Å². The summed E-state index contributed by atoms with van der Waals surface area (Å²) in [6, 6.07) is 16.6. The molecule has 1 heterocycles. The molecule has 0 bridgehead atoms. The maximum atomic E-state index is 12.2. The van der Waals surface area contributed by atoms with Gasteiger partial charge in [-0.3, -0.25) is 4.79 Å². The summed E-state index contributed by atoms with van der Waals surface area (Å²) in [6.07, 6.45) is 2.80. The van der Waals surface area contributed by atoms with Gasteiger partial charge in [-0.1, -0.05) is 29.8 Å². The van der Waals surface area contributed by atoms with Crippen molar-refractivity contribution < 1.29 is 9.53 Å². The predicted octanol–water partition coefficient (Wildman–Crippen LogP) is 4.57. The summed E-state index contributed by atoms with van der Waals surface area (Å²) in [6.45, 7) is 8.09. The third kappa shape index (κ3) is 5.83. The minimum absolute atomic E-state index is 0.0727. The number of amides is 1. The van der Waals surface area contributed by atoms with E-state index in [1.807, 2.05) is 12.1 Å². The Balaban J connectivity index is 1.46. The molecule has 2 aromatic carbocycles. The van der Waals surface area contributed by atoms with Crippen LogP contribution in [0.4, 0.5) is 11.4 Å². The maximum absolute atomic E-state index is 12.2. The minimum Gasteiger partial charge on any atom is -0.372 e. The molecule has 1 aliphatic heterocycles. The Morgan fingerprint density at radius 1 is 1.04 bits per heavy atom. The first-order chi connectivity index (χ1) is 13.0. The molecule has 4 nitrogen and oxygen atoms in total. The van der Waals surface area contributed by atoms with Gasteiger partial charge in [0.25, 0.3) is 0 Å². The van der Waals surface area contributed by atoms with Crippen molar-refractivity contribution >= 4 is 17.3 Å². The second-order valence-corrected chi connectivity index (χ2v) is 7.60. The quantitative estimate of drug-likeness (QED) is 0.814. The highest BCUT2D eigenvalue weighted by atomic mass is 16.5. The number of hydrogen-bond donors (Lipinski definition) is 1. The molecule has 2 aromatic rings. The van der Waals surface area contributed by atoms with Gasteiger partial charge in [0.2, 0.25) is 5.91 Å². The normalized spacial score (nSPS) is 19.7. The smallest absolute Gasteiger partial charge is 0.224 e. The van der Waals surface area contributed by atoms with E-state index >= 15 is 0 Å². The van der Waals surface area contributed by atoms with E-state index in [1.165, 1.54) is 16.8 Å². The number of morpholine rings is 1. The van der Waals surface area contributed by atoms with E-state index in [4.69, 9.17) is 4.74 Å². The van der Waals surface area contributed by atoms with Crippen molar-refractivity contribution in [3.63, 3.8) is 0 Å². The largest absolute Gasteiger partial charge is 0.372 e. The van der Waals surface area contributed by atoms with E-state index in [-0.39, 0.29) is 18.1 Å². The van der Waals surface area contributed by atoms with Crippen LogP contribution in [-0.4, -0.2) is 31.2 Å². The zero-order chi connectivity index (χ0) is 19.2. The molecule has 0 spiro atoms. The Bertz CT molecular complexity index is 730. The Morgan fingerprint density at radius 2 is 1.67 bits per heavy atom. The first kappa shape index (κ1) is 19.4. The van der Waals surface area contributed by atoms with Crippen LogP contribution in [-0.2, 0) is 16.0 Å². The van der Waals surface area contributed by atoms with Gasteiger partial charge in [0.05, 0.1) is 12.2 Å². The molecule has 1 amide bonds. The fraction of sp³-hybridized carbons (Fsp3) is 0.435. The van der Waals surface area contributed by atoms with Gasteiger partial charge < -0.3 is 15.0 Å². The summed E-state index contributed by atoms with van der Waals surface area (Å²) in [5.41, 5.74) is 4.58. The fourth-order valence-electron chi connectivity index (χ4n) is 3.58. The predicted molar refractivity (Wildman–Crippen MR) is 111 cm³/mol. The summed E-state index contributed by atoms with van der Waals surface area (Å²) < 4.78 is 5.79. The molecule has 2 unspecified atom stereocenters. The Hall–Kier alpha value is -2.33. The van der Waals surface area contributed by atoms with E-state index in [2.05, 4.69) is 67.4 Å². The summed E-state index contributed by atoms with van der Waals surface area (Å²) in [7, 11) is 0. The molecule has 1 N–H and O–H groups in total. The molecule has 0 saturated carbocycles. The number of rotatable bonds is 6. The zero-order valence-electron chi connectivity index (χ0n) is 16.6. The molecule has 0 aliphatic carbocycles. The van der Waals surface area contributed by atoms with Crippen LogP contribution in [0.3, 0.4) is 0 Å². The second-order valence-electron chi connectivity index (χ2n) is 7.60. The molecule has 3 rings (SSSR count). The average Bonchev–Trinajstić information content (AvgIpc) is 2.63. The first-order valence-electron chi connectivity index (χ1n) is 9.85. The van der Waals surface area contributed by atoms with Crippen LogP contribution in [0.2, 0.25) is 0 Å². The third-order valence-corrected chi connectivity index (χ3v) is 4.93. The van der Waals surface area contributed by atoms with Crippen molar-refractivity contribution in [1.29, 1.82) is 0 Å². The summed E-state index contributed by atoms with van der Waals surface area (Å²) in [5.74, 6) is 0.0727. The van der Waals surface area contributed by atoms with Crippen molar-refractivity contribution in [2.45, 2.75) is 52.2 Å². The standard InChI is InChI=1S/C23H30N2O2/c1-17-7-9-20(10-8-17)5-4-6-23(26)24-21-11-13-22(14-12-21)25-15-18(2)27-19(3)16-25/h7-14,18-19H,4-6,15-16H2,1-3H3,(H,24,26). The van der Waals surface area contributed by atoms with E-state index in [9.17, 15) is 4.79 Å². The van der Waals surface area contributed by atoms with Crippen LogP contribution in [0.15, 0.2) is 48.5 Å². The van der Waals surface area contributed by atoms with Gasteiger partial charge in [-0.25, -0.2) is 0 Å². The highest BCUT2D eigenvalue weighted by Gasteiger charge is 2.22. The van der Waals surface area contributed by atoms with Gasteiger partial charge in [0.1, 0.15) is 0 Å². The van der Waals surface area contributed by atoms with Crippen molar-refractivity contribution in [2.24, 2.45) is 0 Å². The summed E-state index contributed by atoms with van der Waals surface area (Å²) in [5, 5.41) is 3.00. The average molecular weight is 367 g/mol.